The predicted molar refractivity (Wildman–Crippen MR) is 73.7 cm³/mol. The summed E-state index contributed by atoms with van der Waals surface area (Å²) in [5.41, 5.74) is 0. The van der Waals surface area contributed by atoms with Crippen LogP contribution in [0.2, 0.25) is 0 Å². The minimum Gasteiger partial charge on any atom is -0.481 e. The van der Waals surface area contributed by atoms with Crippen molar-refractivity contribution in [3.63, 3.8) is 0 Å². The Kier molecular flexibility index (Phi) is 5.03. The third-order valence-electron chi connectivity index (χ3n) is 4.28. The van der Waals surface area contributed by atoms with E-state index in [4.69, 9.17) is 9.84 Å². The van der Waals surface area contributed by atoms with Gasteiger partial charge in [-0.15, -0.1) is 0 Å². The average molecular weight is 298 g/mol. The Hall–Kier alpha value is -1.79. The number of carbonyl (C=O) groups is 3. The summed E-state index contributed by atoms with van der Waals surface area (Å²) in [6, 6.07) is -0.381. The number of carboxylic acid groups (broad SMARTS) is 1. The number of likely N-dealkylation sites (tertiary alicyclic amines) is 2. The first kappa shape index (κ1) is 15.6. The summed E-state index contributed by atoms with van der Waals surface area (Å²) in [5, 5.41) is 8.96. The van der Waals surface area contributed by atoms with Gasteiger partial charge in [-0.05, 0) is 25.7 Å². The fourth-order valence-electron chi connectivity index (χ4n) is 3.14. The Bertz CT molecular complexity index is 426. The van der Waals surface area contributed by atoms with Crippen LogP contribution in [0.5, 0.6) is 0 Å². The van der Waals surface area contributed by atoms with Crippen LogP contribution in [0.3, 0.4) is 0 Å². The van der Waals surface area contributed by atoms with E-state index in [1.165, 1.54) is 7.11 Å². The van der Waals surface area contributed by atoms with Gasteiger partial charge in [0.05, 0.1) is 19.4 Å². The number of aliphatic carboxylic acids is 1. The van der Waals surface area contributed by atoms with Gasteiger partial charge in [-0.25, -0.2) is 4.79 Å². The topological polar surface area (TPSA) is 87.2 Å². The van der Waals surface area contributed by atoms with Crippen molar-refractivity contribution < 1.29 is 24.2 Å². The van der Waals surface area contributed by atoms with Crippen LogP contribution in [-0.2, 0) is 14.3 Å². The van der Waals surface area contributed by atoms with Crippen molar-refractivity contribution >= 4 is 18.0 Å². The van der Waals surface area contributed by atoms with Crippen LogP contribution in [0, 0.1) is 5.92 Å². The standard InChI is InChI=1S/C14H22N2O5/c1-21-13(19)10-5-7-15(9-10)14(20)16-6-3-2-4-11(16)8-12(17)18/h10-11H,2-9H2,1H3,(H,17,18). The van der Waals surface area contributed by atoms with Crippen LogP contribution in [0.15, 0.2) is 0 Å². The predicted octanol–water partition coefficient (Wildman–Crippen LogP) is 0.930. The highest BCUT2D eigenvalue weighted by Gasteiger charge is 2.36. The Balaban J connectivity index is 1.98. The molecule has 0 aliphatic carbocycles. The largest absolute Gasteiger partial charge is 0.481 e. The molecule has 21 heavy (non-hydrogen) atoms. The molecule has 0 aromatic heterocycles. The van der Waals surface area contributed by atoms with E-state index in [1.54, 1.807) is 9.80 Å². The van der Waals surface area contributed by atoms with E-state index in [9.17, 15) is 14.4 Å². The van der Waals surface area contributed by atoms with Gasteiger partial charge in [0.1, 0.15) is 0 Å². The normalized spacial score (nSPS) is 25.8. The summed E-state index contributed by atoms with van der Waals surface area (Å²) in [6.07, 6.45) is 3.17. The number of urea groups is 1. The van der Waals surface area contributed by atoms with Crippen LogP contribution in [0.1, 0.15) is 32.1 Å². The summed E-state index contributed by atoms with van der Waals surface area (Å²) in [4.78, 5) is 38.3. The zero-order valence-corrected chi connectivity index (χ0v) is 12.3. The monoisotopic (exact) mass is 298 g/mol. The molecule has 2 heterocycles. The maximum atomic E-state index is 12.6. The van der Waals surface area contributed by atoms with Gasteiger partial charge in [0.15, 0.2) is 0 Å². The van der Waals surface area contributed by atoms with Crippen molar-refractivity contribution in [3.05, 3.63) is 0 Å². The van der Waals surface area contributed by atoms with Gasteiger partial charge in [-0.1, -0.05) is 0 Å². The Morgan fingerprint density at radius 3 is 2.62 bits per heavy atom. The number of hydrogen-bond donors (Lipinski definition) is 1. The highest BCUT2D eigenvalue weighted by molar-refractivity contribution is 5.79. The Morgan fingerprint density at radius 1 is 1.19 bits per heavy atom. The number of esters is 1. The molecule has 0 radical (unpaired) electrons. The molecule has 0 aromatic carbocycles. The fraction of sp³-hybridized carbons (Fsp3) is 0.786. The number of carboxylic acids is 1. The lowest BCUT2D eigenvalue weighted by molar-refractivity contribution is -0.144. The molecular weight excluding hydrogens is 276 g/mol. The van der Waals surface area contributed by atoms with Gasteiger partial charge < -0.3 is 19.6 Å². The third kappa shape index (κ3) is 3.65. The van der Waals surface area contributed by atoms with Crippen LogP contribution in [0.25, 0.3) is 0 Å². The molecule has 2 amide bonds. The zero-order chi connectivity index (χ0) is 15.4. The number of ether oxygens (including phenoxy) is 1. The first-order valence-electron chi connectivity index (χ1n) is 7.38. The van der Waals surface area contributed by atoms with E-state index in [2.05, 4.69) is 0 Å². The van der Waals surface area contributed by atoms with Gasteiger partial charge in [-0.2, -0.15) is 0 Å². The van der Waals surface area contributed by atoms with E-state index >= 15 is 0 Å². The zero-order valence-electron chi connectivity index (χ0n) is 12.3. The van der Waals surface area contributed by atoms with Crippen molar-refractivity contribution in [2.75, 3.05) is 26.7 Å². The lowest BCUT2D eigenvalue weighted by Crippen LogP contribution is -2.50. The maximum absolute atomic E-state index is 12.6. The molecule has 2 unspecified atom stereocenters. The number of nitrogens with zero attached hydrogens (tertiary/aromatic N) is 2. The van der Waals surface area contributed by atoms with Gasteiger partial charge in [-0.3, -0.25) is 9.59 Å². The Morgan fingerprint density at radius 2 is 1.95 bits per heavy atom. The molecule has 2 fully saturated rings. The highest BCUT2D eigenvalue weighted by Crippen LogP contribution is 2.24. The molecular formula is C14H22N2O5. The lowest BCUT2D eigenvalue weighted by atomic mass is 10.00. The molecule has 0 aromatic rings. The molecule has 1 N–H and O–H groups in total. The third-order valence-corrected chi connectivity index (χ3v) is 4.28. The first-order chi connectivity index (χ1) is 10.0. The summed E-state index contributed by atoms with van der Waals surface area (Å²) < 4.78 is 4.71. The molecule has 2 rings (SSSR count). The number of carbonyl (C=O) groups excluding carboxylic acids is 2. The van der Waals surface area contributed by atoms with E-state index < -0.39 is 5.97 Å². The van der Waals surface area contributed by atoms with E-state index in [1.807, 2.05) is 0 Å². The highest BCUT2D eigenvalue weighted by atomic mass is 16.5. The average Bonchev–Trinajstić information content (AvgIpc) is 2.95. The number of piperidine rings is 1. The fourth-order valence-corrected chi connectivity index (χ4v) is 3.14. The summed E-state index contributed by atoms with van der Waals surface area (Å²) in [6.45, 7) is 1.48. The van der Waals surface area contributed by atoms with Crippen molar-refractivity contribution in [2.45, 2.75) is 38.1 Å². The molecule has 0 bridgehead atoms. The summed E-state index contributed by atoms with van der Waals surface area (Å²) in [7, 11) is 1.35. The van der Waals surface area contributed by atoms with Crippen LogP contribution in [0.4, 0.5) is 4.79 Å². The smallest absolute Gasteiger partial charge is 0.320 e. The number of methoxy groups -OCH3 is 1. The van der Waals surface area contributed by atoms with E-state index in [0.29, 0.717) is 26.1 Å². The quantitative estimate of drug-likeness (QED) is 0.783. The minimum atomic E-state index is -0.881. The van der Waals surface area contributed by atoms with Crippen molar-refractivity contribution in [1.29, 1.82) is 0 Å². The van der Waals surface area contributed by atoms with Gasteiger partial charge in [0, 0.05) is 25.7 Å². The second-order valence-electron chi connectivity index (χ2n) is 5.68. The van der Waals surface area contributed by atoms with E-state index in [-0.39, 0.29) is 30.4 Å². The van der Waals surface area contributed by atoms with Crippen molar-refractivity contribution in [2.24, 2.45) is 5.92 Å². The van der Waals surface area contributed by atoms with Crippen molar-refractivity contribution in [3.8, 4) is 0 Å². The SMILES string of the molecule is COC(=O)C1CCN(C(=O)N2CCCCC2CC(=O)O)C1. The molecule has 2 atom stereocenters. The summed E-state index contributed by atoms with van der Waals surface area (Å²) >= 11 is 0. The van der Waals surface area contributed by atoms with Crippen LogP contribution < -0.4 is 0 Å². The summed E-state index contributed by atoms with van der Waals surface area (Å²) in [5.74, 6) is -1.43. The lowest BCUT2D eigenvalue weighted by Gasteiger charge is -2.37. The molecule has 0 spiro atoms. The molecule has 2 aliphatic heterocycles. The Labute approximate surface area is 123 Å². The molecule has 118 valence electrons. The maximum Gasteiger partial charge on any atom is 0.320 e. The number of hydrogen-bond acceptors (Lipinski definition) is 4. The molecule has 0 saturated carbocycles. The van der Waals surface area contributed by atoms with E-state index in [0.717, 1.165) is 19.3 Å². The molecule has 7 heteroatoms. The van der Waals surface area contributed by atoms with Crippen LogP contribution >= 0.6 is 0 Å². The van der Waals surface area contributed by atoms with Gasteiger partial charge in [0.2, 0.25) is 0 Å². The molecule has 2 saturated heterocycles. The van der Waals surface area contributed by atoms with Crippen molar-refractivity contribution in [1.82, 2.24) is 9.80 Å². The van der Waals surface area contributed by atoms with Gasteiger partial charge >= 0.3 is 18.0 Å². The van der Waals surface area contributed by atoms with Crippen LogP contribution in [-0.4, -0.2) is 65.7 Å². The second-order valence-corrected chi connectivity index (χ2v) is 5.68. The molecule has 7 nitrogen and oxygen atoms in total. The number of rotatable bonds is 3. The molecule has 2 aliphatic rings. The second kappa shape index (κ2) is 6.78. The van der Waals surface area contributed by atoms with Gasteiger partial charge in [0.25, 0.3) is 0 Å². The number of amides is 2. The minimum absolute atomic E-state index is 0.0139. The first-order valence-corrected chi connectivity index (χ1v) is 7.38.